The Hall–Kier alpha value is -5.02. The topological polar surface area (TPSA) is 29.0 Å². The average Bonchev–Trinajstić information content (AvgIpc) is 3.38. The van der Waals surface area contributed by atoms with Crippen molar-refractivity contribution in [1.29, 1.82) is 0 Å². The molecule has 3 aliphatic rings. The Balaban J connectivity index is 1.22. The van der Waals surface area contributed by atoms with Crippen LogP contribution in [0.2, 0.25) is 0 Å². The van der Waals surface area contributed by atoms with Gasteiger partial charge in [-0.3, -0.25) is 9.97 Å². The molecule has 1 aromatic heterocycles. The summed E-state index contributed by atoms with van der Waals surface area (Å²) in [5, 5.41) is 5.20. The summed E-state index contributed by atoms with van der Waals surface area (Å²) in [6.07, 6.45) is 10.6. The van der Waals surface area contributed by atoms with E-state index >= 15 is 0 Å². The lowest BCUT2D eigenvalue weighted by atomic mass is 9.73. The zero-order chi connectivity index (χ0) is 29.7. The van der Waals surface area contributed by atoms with Crippen molar-refractivity contribution in [3.8, 4) is 22.5 Å². The zero-order valence-electron chi connectivity index (χ0n) is 25.6. The summed E-state index contributed by atoms with van der Waals surface area (Å²) in [4.78, 5) is 11.9. The van der Waals surface area contributed by atoms with E-state index in [0.717, 1.165) is 24.2 Å². The van der Waals surface area contributed by atoms with Crippen molar-refractivity contribution in [2.24, 2.45) is 0 Å². The number of benzene rings is 5. The first-order valence-electron chi connectivity index (χ1n) is 15.7. The molecule has 0 fully saturated rings. The molecular weight excluding hydrogens is 534 g/mol. The highest BCUT2D eigenvalue weighted by molar-refractivity contribution is 6.15. The molecule has 3 nitrogen and oxygen atoms in total. The van der Waals surface area contributed by atoms with E-state index in [1.165, 1.54) is 83.1 Å². The minimum Gasteiger partial charge on any atom is -0.309 e. The Kier molecular flexibility index (Phi) is 5.21. The second-order valence-electron chi connectivity index (χ2n) is 13.0. The lowest BCUT2D eigenvalue weighted by molar-refractivity contribution is 0.641. The smallest absolute Gasteiger partial charge is 0.0971 e. The summed E-state index contributed by atoms with van der Waals surface area (Å²) in [6, 6.07) is 29.5. The predicted octanol–water partition coefficient (Wildman–Crippen LogP) is 10.6. The van der Waals surface area contributed by atoms with Crippen LogP contribution in [0.5, 0.6) is 0 Å². The number of hydrogen-bond acceptors (Lipinski definition) is 3. The van der Waals surface area contributed by atoms with E-state index < -0.39 is 0 Å². The van der Waals surface area contributed by atoms with Gasteiger partial charge in [-0.05, 0) is 77.4 Å². The van der Waals surface area contributed by atoms with Crippen molar-refractivity contribution in [3.05, 3.63) is 137 Å². The fraction of sp³-hybridized carbons (Fsp3) is 0.171. The van der Waals surface area contributed by atoms with Crippen molar-refractivity contribution in [1.82, 2.24) is 9.97 Å². The van der Waals surface area contributed by atoms with Gasteiger partial charge in [-0.25, -0.2) is 0 Å². The van der Waals surface area contributed by atoms with Gasteiger partial charge in [0.1, 0.15) is 0 Å². The number of aryl methyl sites for hydroxylation is 2. The number of rotatable bonds is 3. The Morgan fingerprint density at radius 2 is 1.34 bits per heavy atom. The van der Waals surface area contributed by atoms with Crippen LogP contribution in [-0.4, -0.2) is 9.97 Å². The van der Waals surface area contributed by atoms with Crippen LogP contribution >= 0.6 is 0 Å². The molecule has 0 spiro atoms. The fourth-order valence-corrected chi connectivity index (χ4v) is 8.18. The first-order valence-corrected chi connectivity index (χ1v) is 15.7. The lowest BCUT2D eigenvalue weighted by Gasteiger charge is -2.38. The lowest BCUT2D eigenvalue weighted by Crippen LogP contribution is -2.25. The van der Waals surface area contributed by atoms with Gasteiger partial charge in [0.05, 0.1) is 17.1 Å². The summed E-state index contributed by atoms with van der Waals surface area (Å²) < 4.78 is 0. The molecule has 9 rings (SSSR count). The molecule has 2 aliphatic carbocycles. The molecular formula is C41H33N3. The Morgan fingerprint density at radius 3 is 2.16 bits per heavy atom. The molecule has 1 aliphatic heterocycles. The fourth-order valence-electron chi connectivity index (χ4n) is 8.18. The number of allylic oxidation sites excluding steroid dienone is 3. The molecule has 0 bridgehead atoms. The van der Waals surface area contributed by atoms with E-state index in [9.17, 15) is 0 Å². The normalized spacial score (nSPS) is 14.9. The van der Waals surface area contributed by atoms with Crippen LogP contribution < -0.4 is 4.90 Å². The number of hydrogen-bond donors (Lipinski definition) is 0. The van der Waals surface area contributed by atoms with Crippen molar-refractivity contribution < 1.29 is 0 Å². The summed E-state index contributed by atoms with van der Waals surface area (Å²) in [7, 11) is 0. The largest absolute Gasteiger partial charge is 0.309 e. The number of anilines is 2. The molecule has 44 heavy (non-hydrogen) atoms. The second-order valence-corrected chi connectivity index (χ2v) is 13.0. The second kappa shape index (κ2) is 9.00. The van der Waals surface area contributed by atoms with Crippen LogP contribution in [0, 0.1) is 13.8 Å². The van der Waals surface area contributed by atoms with E-state index in [-0.39, 0.29) is 5.41 Å². The Labute approximate surface area is 258 Å². The molecule has 0 radical (unpaired) electrons. The van der Waals surface area contributed by atoms with Gasteiger partial charge >= 0.3 is 0 Å². The molecule has 0 unspecified atom stereocenters. The molecule has 212 valence electrons. The molecule has 2 heterocycles. The van der Waals surface area contributed by atoms with Crippen LogP contribution in [0.4, 0.5) is 11.4 Å². The van der Waals surface area contributed by atoms with Gasteiger partial charge in [0.2, 0.25) is 0 Å². The average molecular weight is 568 g/mol. The molecule has 0 amide bonds. The van der Waals surface area contributed by atoms with Crippen LogP contribution in [-0.2, 0) is 5.41 Å². The molecule has 3 heteroatoms. The highest BCUT2D eigenvalue weighted by atomic mass is 15.2. The van der Waals surface area contributed by atoms with Gasteiger partial charge in [0.25, 0.3) is 0 Å². The highest BCUT2D eigenvalue weighted by Gasteiger charge is 2.34. The van der Waals surface area contributed by atoms with E-state index in [1.807, 2.05) is 0 Å². The van der Waals surface area contributed by atoms with Crippen molar-refractivity contribution >= 4 is 38.5 Å². The molecule has 0 atom stereocenters. The van der Waals surface area contributed by atoms with Gasteiger partial charge in [0.15, 0.2) is 0 Å². The zero-order valence-corrected chi connectivity index (χ0v) is 25.6. The third-order valence-corrected chi connectivity index (χ3v) is 10.2. The summed E-state index contributed by atoms with van der Waals surface area (Å²) in [5.41, 5.74) is 16.0. The molecule has 5 aromatic carbocycles. The predicted molar refractivity (Wildman–Crippen MR) is 183 cm³/mol. The maximum atomic E-state index is 4.71. The summed E-state index contributed by atoms with van der Waals surface area (Å²) in [6.45, 7) is 9.32. The number of nitrogens with zero attached hydrogens (tertiary/aromatic N) is 3. The van der Waals surface area contributed by atoms with Gasteiger partial charge in [0, 0.05) is 56.7 Å². The monoisotopic (exact) mass is 567 g/mol. The summed E-state index contributed by atoms with van der Waals surface area (Å²) >= 11 is 0. The third kappa shape index (κ3) is 3.33. The van der Waals surface area contributed by atoms with Gasteiger partial charge in [-0.2, -0.15) is 0 Å². The summed E-state index contributed by atoms with van der Waals surface area (Å²) in [5.74, 6) is 0. The maximum absolute atomic E-state index is 4.71. The Bertz CT molecular complexity index is 2250. The van der Waals surface area contributed by atoms with Gasteiger partial charge in [-0.15, -0.1) is 0 Å². The van der Waals surface area contributed by atoms with Crippen molar-refractivity contribution in [3.63, 3.8) is 0 Å². The number of fused-ring (bicyclic) bond motifs is 5. The highest BCUT2D eigenvalue weighted by Crippen LogP contribution is 2.52. The van der Waals surface area contributed by atoms with E-state index in [4.69, 9.17) is 9.97 Å². The van der Waals surface area contributed by atoms with Crippen LogP contribution in [0.1, 0.15) is 54.5 Å². The van der Waals surface area contributed by atoms with E-state index in [2.05, 4.69) is 124 Å². The molecule has 0 saturated carbocycles. The first-order chi connectivity index (χ1) is 21.4. The standard InChI is InChI=1S/C41H33N3/c1-24-23-36(44-34-16-6-5-12-27(34)28-13-7-10-26-11-8-17-35(44)37(26)28)25(2)22-33(24)41(3,4)32-19-18-31-38-29(32)14-9-15-30(38)39-40(31)43-21-20-42-39/h7-23H,5-6H2,1-4H3. The third-order valence-electron chi connectivity index (χ3n) is 10.2. The SMILES string of the molecule is Cc1cc(C(C)(C)c2ccc3c4c(cccc24)-c2nccnc2-3)c(C)cc1N1C2=CCCC=C2c2cccc3cccc1c23. The minimum absolute atomic E-state index is 0.218. The van der Waals surface area contributed by atoms with Crippen LogP contribution in [0.3, 0.4) is 0 Å². The number of aromatic nitrogens is 2. The van der Waals surface area contributed by atoms with Crippen molar-refractivity contribution in [2.75, 3.05) is 4.90 Å². The first kappa shape index (κ1) is 25.5. The minimum atomic E-state index is -0.218. The quantitative estimate of drug-likeness (QED) is 0.213. The maximum Gasteiger partial charge on any atom is 0.0971 e. The van der Waals surface area contributed by atoms with Gasteiger partial charge < -0.3 is 4.90 Å². The Morgan fingerprint density at radius 1 is 0.636 bits per heavy atom. The van der Waals surface area contributed by atoms with Crippen LogP contribution in [0.15, 0.2) is 109 Å². The van der Waals surface area contributed by atoms with E-state index in [0.29, 0.717) is 0 Å². The molecule has 0 N–H and O–H groups in total. The van der Waals surface area contributed by atoms with Crippen LogP contribution in [0.25, 0.3) is 49.6 Å². The molecule has 0 saturated heterocycles. The van der Waals surface area contributed by atoms with Crippen molar-refractivity contribution in [2.45, 2.75) is 46.0 Å². The molecule has 6 aromatic rings. The van der Waals surface area contributed by atoms with Gasteiger partial charge in [-0.1, -0.05) is 92.7 Å². The van der Waals surface area contributed by atoms with E-state index in [1.54, 1.807) is 12.4 Å².